The fraction of sp³-hybridized carbons (Fsp3) is 0.375. The van der Waals surface area contributed by atoms with Crippen molar-refractivity contribution in [2.24, 2.45) is 5.92 Å². The number of methoxy groups -OCH3 is 1. The molecule has 1 aliphatic carbocycles. The van der Waals surface area contributed by atoms with Crippen molar-refractivity contribution >= 4 is 38.5 Å². The van der Waals surface area contributed by atoms with Gasteiger partial charge in [-0.1, -0.05) is 35.9 Å². The van der Waals surface area contributed by atoms with Gasteiger partial charge in [-0.25, -0.2) is 13.1 Å². The number of nitrogens with one attached hydrogen (secondary N) is 2. The molecule has 4 rings (SSSR count). The third-order valence-corrected chi connectivity index (χ3v) is 8.16. The Hall–Kier alpha value is -2.39. The minimum atomic E-state index is -3.74. The van der Waals surface area contributed by atoms with Gasteiger partial charge in [0.1, 0.15) is 0 Å². The Bertz CT molecular complexity index is 1250. The summed E-state index contributed by atoms with van der Waals surface area (Å²) >= 11 is 6.61. The summed E-state index contributed by atoms with van der Waals surface area (Å²) in [6, 6.07) is 12.6. The summed E-state index contributed by atoms with van der Waals surface area (Å²) < 4.78 is 33.8. The summed E-state index contributed by atoms with van der Waals surface area (Å²) in [5.41, 5.74) is 3.44. The van der Waals surface area contributed by atoms with Gasteiger partial charge in [-0.3, -0.25) is 4.79 Å². The number of H-pyrrole nitrogens is 1. The smallest absolute Gasteiger partial charge is 0.306 e. The second kappa shape index (κ2) is 9.85. The van der Waals surface area contributed by atoms with Crippen LogP contribution in [0.25, 0.3) is 22.2 Å². The molecule has 7 nitrogen and oxygen atoms in total. The van der Waals surface area contributed by atoms with Crippen molar-refractivity contribution in [3.8, 4) is 11.3 Å². The maximum atomic E-state index is 13.0. The van der Waals surface area contributed by atoms with Gasteiger partial charge >= 0.3 is 5.97 Å². The maximum Gasteiger partial charge on any atom is 0.306 e. The van der Waals surface area contributed by atoms with Gasteiger partial charge in [-0.2, -0.15) is 0 Å². The van der Waals surface area contributed by atoms with Crippen molar-refractivity contribution in [2.45, 2.75) is 43.0 Å². The van der Waals surface area contributed by atoms with Crippen LogP contribution in [0.2, 0.25) is 5.02 Å². The average Bonchev–Trinajstić information content (AvgIpc) is 3.14. The molecule has 0 spiro atoms. The second-order valence-corrected chi connectivity index (χ2v) is 10.6. The highest BCUT2D eigenvalue weighted by molar-refractivity contribution is 7.89. The van der Waals surface area contributed by atoms with Crippen LogP contribution in [0.5, 0.6) is 0 Å². The van der Waals surface area contributed by atoms with E-state index < -0.39 is 21.9 Å². The molecule has 0 unspecified atom stereocenters. The predicted molar refractivity (Wildman–Crippen MR) is 128 cm³/mol. The van der Waals surface area contributed by atoms with Gasteiger partial charge in [-0.05, 0) is 61.4 Å². The quantitative estimate of drug-likeness (QED) is 0.427. The molecule has 0 radical (unpaired) electrons. The lowest BCUT2D eigenvalue weighted by atomic mass is 9.87. The summed E-state index contributed by atoms with van der Waals surface area (Å²) in [5.74, 6) is -1.21. The summed E-state index contributed by atoms with van der Waals surface area (Å²) in [4.78, 5) is 14.5. The number of aromatic amines is 1. The lowest BCUT2D eigenvalue weighted by molar-refractivity contribution is -0.142. The first-order valence-corrected chi connectivity index (χ1v) is 12.8. The second-order valence-electron chi connectivity index (χ2n) is 8.47. The first kappa shape index (κ1) is 23.8. The molecule has 0 amide bonds. The van der Waals surface area contributed by atoms with E-state index in [1.165, 1.54) is 0 Å². The molecule has 0 saturated heterocycles. The monoisotopic (exact) mass is 490 g/mol. The zero-order chi connectivity index (χ0) is 23.6. The number of fused-ring (bicyclic) bond motifs is 1. The first-order valence-electron chi connectivity index (χ1n) is 10.9. The molecule has 176 valence electrons. The topological polar surface area (TPSA) is 108 Å². The highest BCUT2D eigenvalue weighted by Crippen LogP contribution is 2.35. The van der Waals surface area contributed by atoms with Crippen LogP contribution < -0.4 is 4.72 Å². The fourth-order valence-corrected chi connectivity index (χ4v) is 5.96. The molecule has 1 heterocycles. The number of sulfonamides is 1. The van der Waals surface area contributed by atoms with E-state index in [2.05, 4.69) is 9.71 Å². The number of carbonyl (C=O) groups is 1. The van der Waals surface area contributed by atoms with Gasteiger partial charge in [0, 0.05) is 24.1 Å². The highest BCUT2D eigenvalue weighted by Gasteiger charge is 2.29. The number of halogens is 1. The molecule has 0 atom stereocenters. The van der Waals surface area contributed by atoms with E-state index in [9.17, 15) is 13.2 Å². The van der Waals surface area contributed by atoms with Crippen molar-refractivity contribution < 1.29 is 23.1 Å². The van der Waals surface area contributed by atoms with Crippen LogP contribution in [0.1, 0.15) is 31.2 Å². The Morgan fingerprint density at radius 3 is 2.48 bits per heavy atom. The number of carboxylic acids is 1. The number of hydrogen-bond acceptors (Lipinski definition) is 4. The molecular formula is C24H27ClN2O5S. The lowest BCUT2D eigenvalue weighted by Crippen LogP contribution is -2.38. The molecule has 1 saturated carbocycles. The van der Waals surface area contributed by atoms with Crippen molar-refractivity contribution in [3.63, 3.8) is 0 Å². The number of aliphatic carboxylic acids is 1. The summed E-state index contributed by atoms with van der Waals surface area (Å²) in [7, 11) is -2.07. The van der Waals surface area contributed by atoms with E-state index in [4.69, 9.17) is 21.4 Å². The predicted octanol–water partition coefficient (Wildman–Crippen LogP) is 4.60. The Morgan fingerprint density at radius 1 is 1.15 bits per heavy atom. The summed E-state index contributed by atoms with van der Waals surface area (Å²) in [5, 5.41) is 10.4. The SMILES string of the molecule is COCCc1ccc(-c2[nH]c3cc(S(=O)(=O)NC4CCC(C(=O)O)CC4)ccc3c2Cl)cc1. The molecule has 3 N–H and O–H groups in total. The zero-order valence-electron chi connectivity index (χ0n) is 18.3. The average molecular weight is 491 g/mol. The van der Waals surface area contributed by atoms with E-state index in [0.717, 1.165) is 28.6 Å². The largest absolute Gasteiger partial charge is 0.481 e. The van der Waals surface area contributed by atoms with Crippen LogP contribution in [0.15, 0.2) is 47.4 Å². The van der Waals surface area contributed by atoms with Gasteiger partial charge in [0.25, 0.3) is 0 Å². The third kappa shape index (κ3) is 5.24. The molecule has 1 fully saturated rings. The van der Waals surface area contributed by atoms with Crippen LogP contribution in [-0.2, 0) is 26.0 Å². The van der Waals surface area contributed by atoms with Gasteiger partial charge in [0.15, 0.2) is 0 Å². The van der Waals surface area contributed by atoms with Gasteiger partial charge < -0.3 is 14.8 Å². The number of rotatable bonds is 8. The molecule has 2 aromatic carbocycles. The molecular weight excluding hydrogens is 464 g/mol. The number of carboxylic acid groups (broad SMARTS) is 1. The Labute approximate surface area is 198 Å². The Morgan fingerprint density at radius 2 is 1.85 bits per heavy atom. The van der Waals surface area contributed by atoms with Crippen LogP contribution in [-0.4, -0.2) is 44.2 Å². The van der Waals surface area contributed by atoms with Crippen LogP contribution in [0, 0.1) is 5.92 Å². The zero-order valence-corrected chi connectivity index (χ0v) is 19.9. The minimum Gasteiger partial charge on any atom is -0.481 e. The lowest BCUT2D eigenvalue weighted by Gasteiger charge is -2.26. The molecule has 1 aliphatic rings. The van der Waals surface area contributed by atoms with E-state index >= 15 is 0 Å². The molecule has 1 aromatic heterocycles. The number of aromatic nitrogens is 1. The number of ether oxygens (including phenoxy) is 1. The van der Waals surface area contributed by atoms with Gasteiger partial charge in [-0.15, -0.1) is 0 Å². The molecule has 0 bridgehead atoms. The van der Waals surface area contributed by atoms with Crippen molar-refractivity contribution in [1.29, 1.82) is 0 Å². The van der Waals surface area contributed by atoms with E-state index in [0.29, 0.717) is 42.8 Å². The molecule has 3 aromatic rings. The number of hydrogen-bond donors (Lipinski definition) is 3. The van der Waals surface area contributed by atoms with Crippen LogP contribution in [0.4, 0.5) is 0 Å². The minimum absolute atomic E-state index is 0.148. The van der Waals surface area contributed by atoms with Crippen molar-refractivity contribution in [1.82, 2.24) is 9.71 Å². The van der Waals surface area contributed by atoms with Crippen molar-refractivity contribution in [3.05, 3.63) is 53.1 Å². The van der Waals surface area contributed by atoms with E-state index in [-0.39, 0.29) is 10.9 Å². The Kier molecular flexibility index (Phi) is 7.09. The fourth-order valence-electron chi connectivity index (χ4n) is 4.31. The van der Waals surface area contributed by atoms with E-state index in [1.807, 2.05) is 24.3 Å². The van der Waals surface area contributed by atoms with Crippen LogP contribution in [0.3, 0.4) is 0 Å². The highest BCUT2D eigenvalue weighted by atomic mass is 35.5. The summed E-state index contributed by atoms with van der Waals surface area (Å²) in [6.07, 6.45) is 2.79. The van der Waals surface area contributed by atoms with E-state index in [1.54, 1.807) is 25.3 Å². The van der Waals surface area contributed by atoms with Gasteiger partial charge in [0.05, 0.1) is 28.1 Å². The van der Waals surface area contributed by atoms with Gasteiger partial charge in [0.2, 0.25) is 10.0 Å². The first-order chi connectivity index (χ1) is 15.8. The Balaban J connectivity index is 1.54. The van der Waals surface area contributed by atoms with Crippen molar-refractivity contribution in [2.75, 3.05) is 13.7 Å². The molecule has 0 aliphatic heterocycles. The molecule has 9 heteroatoms. The number of benzene rings is 2. The summed E-state index contributed by atoms with van der Waals surface area (Å²) in [6.45, 7) is 0.652. The third-order valence-electron chi connectivity index (χ3n) is 6.25. The normalized spacial score (nSPS) is 19.1. The molecule has 33 heavy (non-hydrogen) atoms. The van der Waals surface area contributed by atoms with Crippen LogP contribution >= 0.6 is 11.6 Å². The maximum absolute atomic E-state index is 13.0. The standard InChI is InChI=1S/C24H27ClN2O5S/c1-32-13-12-15-2-4-16(5-3-15)23-22(25)20-11-10-19(14-21(20)26-23)33(30,31)27-18-8-6-17(7-9-18)24(28)29/h2-5,10-11,14,17-18,26-27H,6-9,12-13H2,1H3,(H,28,29).